The molecule has 0 aromatic rings. The van der Waals surface area contributed by atoms with Gasteiger partial charge in [0.15, 0.2) is 6.10 Å². The first-order valence-corrected chi connectivity index (χ1v) is 36.3. The fraction of sp³-hybridized carbons (Fsp3) is 0.905. The van der Waals surface area contributed by atoms with Gasteiger partial charge in [0, 0.05) is 19.3 Å². The predicted octanol–water partition coefficient (Wildman–Crippen LogP) is 25.0. The summed E-state index contributed by atoms with van der Waals surface area (Å²) < 4.78 is 17.0. The van der Waals surface area contributed by atoms with Crippen LogP contribution in [0.2, 0.25) is 0 Å². The number of carbonyl (C=O) groups excluding carboxylic acids is 3. The van der Waals surface area contributed by atoms with Crippen molar-refractivity contribution >= 4 is 17.9 Å². The smallest absolute Gasteiger partial charge is 0.306 e. The lowest BCUT2D eigenvalue weighted by molar-refractivity contribution is -0.167. The maximum atomic E-state index is 12.9. The Hall–Kier alpha value is -2.11. The molecule has 0 amide bonds. The number of unbranched alkanes of at least 4 members (excludes halogenated alkanes) is 53. The van der Waals surface area contributed by atoms with Crippen molar-refractivity contribution in [3.8, 4) is 0 Å². The summed E-state index contributed by atoms with van der Waals surface area (Å²) in [4.78, 5) is 38.4. The summed E-state index contributed by atoms with van der Waals surface area (Å²) in [6.07, 6.45) is 85.2. The summed E-state index contributed by atoms with van der Waals surface area (Å²) in [5.74, 6) is -0.848. The van der Waals surface area contributed by atoms with Crippen molar-refractivity contribution in [2.75, 3.05) is 13.2 Å². The number of esters is 3. The van der Waals surface area contributed by atoms with Crippen LogP contribution in [-0.4, -0.2) is 37.2 Å². The lowest BCUT2D eigenvalue weighted by atomic mass is 10.0. The van der Waals surface area contributed by atoms with E-state index in [-0.39, 0.29) is 31.1 Å². The van der Waals surface area contributed by atoms with Crippen LogP contribution in [0.25, 0.3) is 0 Å². The Labute approximate surface area is 500 Å². The summed E-state index contributed by atoms with van der Waals surface area (Å²) in [5.41, 5.74) is 0. The standard InChI is InChI=1S/C74H140O6/c1-4-7-10-13-16-19-22-24-26-28-30-32-34-36-38-39-41-43-45-47-49-52-55-58-61-64-67-73(76)79-70-71(69-78-72(75)66-63-60-57-54-51-21-18-15-12-9-6-3)80-74(77)68-65-62-59-56-53-50-48-46-44-42-40-37-35-33-31-29-27-25-23-20-17-14-11-8-5-2/h15,18,29,31,71H,4-14,16-17,19-28,30,32-70H2,1-3H3/b18-15-,31-29-. The second-order valence-corrected chi connectivity index (χ2v) is 24.9. The molecule has 472 valence electrons. The average molecular weight is 1130 g/mol. The number of hydrogen-bond acceptors (Lipinski definition) is 6. The molecule has 6 heteroatoms. The molecule has 0 spiro atoms. The second-order valence-electron chi connectivity index (χ2n) is 24.9. The molecule has 0 aliphatic heterocycles. The molecule has 0 fully saturated rings. The van der Waals surface area contributed by atoms with Crippen LogP contribution in [0.15, 0.2) is 24.3 Å². The molecule has 0 N–H and O–H groups in total. The maximum absolute atomic E-state index is 12.9. The van der Waals surface area contributed by atoms with E-state index in [1.54, 1.807) is 0 Å². The highest BCUT2D eigenvalue weighted by Crippen LogP contribution is 2.19. The monoisotopic (exact) mass is 1130 g/mol. The van der Waals surface area contributed by atoms with Crippen LogP contribution in [0.4, 0.5) is 0 Å². The highest BCUT2D eigenvalue weighted by molar-refractivity contribution is 5.71. The van der Waals surface area contributed by atoms with Crippen LogP contribution in [0.5, 0.6) is 0 Å². The van der Waals surface area contributed by atoms with Crippen molar-refractivity contribution < 1.29 is 28.6 Å². The van der Waals surface area contributed by atoms with E-state index < -0.39 is 6.10 Å². The topological polar surface area (TPSA) is 78.9 Å². The van der Waals surface area contributed by atoms with Crippen LogP contribution in [-0.2, 0) is 28.6 Å². The third-order valence-electron chi connectivity index (χ3n) is 16.7. The molecular weight excluding hydrogens is 985 g/mol. The third-order valence-corrected chi connectivity index (χ3v) is 16.7. The van der Waals surface area contributed by atoms with Crippen molar-refractivity contribution in [3.05, 3.63) is 24.3 Å². The van der Waals surface area contributed by atoms with Crippen LogP contribution >= 0.6 is 0 Å². The second kappa shape index (κ2) is 69.4. The summed E-state index contributed by atoms with van der Waals surface area (Å²) in [7, 11) is 0. The van der Waals surface area contributed by atoms with Gasteiger partial charge in [0.25, 0.3) is 0 Å². The van der Waals surface area contributed by atoms with Gasteiger partial charge in [0.1, 0.15) is 13.2 Å². The minimum absolute atomic E-state index is 0.0682. The van der Waals surface area contributed by atoms with E-state index in [9.17, 15) is 14.4 Å². The zero-order valence-corrected chi connectivity index (χ0v) is 54.4. The molecule has 0 aliphatic rings. The first-order valence-electron chi connectivity index (χ1n) is 36.3. The Morgan fingerprint density at radius 3 is 0.662 bits per heavy atom. The zero-order valence-electron chi connectivity index (χ0n) is 54.4. The summed E-state index contributed by atoms with van der Waals surface area (Å²) >= 11 is 0. The zero-order chi connectivity index (χ0) is 57.8. The Morgan fingerprint density at radius 1 is 0.237 bits per heavy atom. The van der Waals surface area contributed by atoms with Gasteiger partial charge in [-0.2, -0.15) is 0 Å². The van der Waals surface area contributed by atoms with Crippen molar-refractivity contribution in [2.24, 2.45) is 0 Å². The lowest BCUT2D eigenvalue weighted by Crippen LogP contribution is -2.30. The van der Waals surface area contributed by atoms with Crippen molar-refractivity contribution in [1.29, 1.82) is 0 Å². The van der Waals surface area contributed by atoms with Gasteiger partial charge < -0.3 is 14.2 Å². The molecule has 0 heterocycles. The highest BCUT2D eigenvalue weighted by atomic mass is 16.6. The van der Waals surface area contributed by atoms with Gasteiger partial charge in [-0.1, -0.05) is 353 Å². The van der Waals surface area contributed by atoms with Crippen molar-refractivity contribution in [3.63, 3.8) is 0 Å². The van der Waals surface area contributed by atoms with Gasteiger partial charge in [-0.3, -0.25) is 14.4 Å². The van der Waals surface area contributed by atoms with Gasteiger partial charge in [-0.15, -0.1) is 0 Å². The average Bonchev–Trinajstić information content (AvgIpc) is 3.46. The van der Waals surface area contributed by atoms with E-state index in [0.29, 0.717) is 19.3 Å². The van der Waals surface area contributed by atoms with Crippen LogP contribution in [0, 0.1) is 0 Å². The summed E-state index contributed by atoms with van der Waals surface area (Å²) in [5, 5.41) is 0. The minimum Gasteiger partial charge on any atom is -0.462 e. The molecule has 6 nitrogen and oxygen atoms in total. The maximum Gasteiger partial charge on any atom is 0.306 e. The van der Waals surface area contributed by atoms with Gasteiger partial charge in [-0.05, 0) is 64.2 Å². The predicted molar refractivity (Wildman–Crippen MR) is 349 cm³/mol. The summed E-state index contributed by atoms with van der Waals surface area (Å²) in [6.45, 7) is 6.68. The number of allylic oxidation sites excluding steroid dienone is 4. The van der Waals surface area contributed by atoms with Crippen LogP contribution < -0.4 is 0 Å². The molecule has 0 aliphatic carbocycles. The number of ether oxygens (including phenoxy) is 3. The molecule has 1 unspecified atom stereocenters. The Kier molecular flexibility index (Phi) is 67.6. The van der Waals surface area contributed by atoms with Gasteiger partial charge in [-0.25, -0.2) is 0 Å². The third kappa shape index (κ3) is 66.7. The quantitative estimate of drug-likeness (QED) is 0.0261. The SMILES string of the molecule is CCCC/C=C\CCCCCCCC(=O)OCC(COC(=O)CCCCCCCCCCCCCCCCCCCCCCCCCCCC)OC(=O)CCCCCCCCCCCCCCC/C=C\CCCCCCCCCC. The minimum atomic E-state index is -0.772. The summed E-state index contributed by atoms with van der Waals surface area (Å²) in [6, 6.07) is 0. The molecular formula is C74H140O6. The molecule has 0 aromatic heterocycles. The molecule has 0 radical (unpaired) electrons. The molecule has 80 heavy (non-hydrogen) atoms. The van der Waals surface area contributed by atoms with E-state index in [4.69, 9.17) is 14.2 Å². The Bertz CT molecular complexity index is 1290. The van der Waals surface area contributed by atoms with Crippen LogP contribution in [0.3, 0.4) is 0 Å². The number of carbonyl (C=O) groups is 3. The first-order chi connectivity index (χ1) is 39.5. The van der Waals surface area contributed by atoms with E-state index in [1.807, 2.05) is 0 Å². The molecule has 0 rings (SSSR count). The molecule has 1 atom stereocenters. The van der Waals surface area contributed by atoms with Crippen molar-refractivity contribution in [2.45, 2.75) is 419 Å². The largest absolute Gasteiger partial charge is 0.462 e. The van der Waals surface area contributed by atoms with Crippen molar-refractivity contribution in [1.82, 2.24) is 0 Å². The lowest BCUT2D eigenvalue weighted by Gasteiger charge is -2.18. The van der Waals surface area contributed by atoms with Crippen LogP contribution in [0.1, 0.15) is 412 Å². The van der Waals surface area contributed by atoms with E-state index in [2.05, 4.69) is 45.1 Å². The fourth-order valence-electron chi connectivity index (χ4n) is 11.2. The van der Waals surface area contributed by atoms with E-state index >= 15 is 0 Å². The van der Waals surface area contributed by atoms with Gasteiger partial charge in [0.2, 0.25) is 0 Å². The molecule has 0 bridgehead atoms. The molecule has 0 saturated carbocycles. The number of rotatable bonds is 68. The normalized spacial score (nSPS) is 12.1. The molecule has 0 aromatic carbocycles. The van der Waals surface area contributed by atoms with E-state index in [0.717, 1.165) is 64.2 Å². The van der Waals surface area contributed by atoms with E-state index in [1.165, 1.54) is 308 Å². The molecule has 0 saturated heterocycles. The highest BCUT2D eigenvalue weighted by Gasteiger charge is 2.19. The Balaban J connectivity index is 4.15. The van der Waals surface area contributed by atoms with Gasteiger partial charge >= 0.3 is 17.9 Å². The first kappa shape index (κ1) is 77.9. The Morgan fingerprint density at radius 2 is 0.425 bits per heavy atom. The van der Waals surface area contributed by atoms with Gasteiger partial charge in [0.05, 0.1) is 0 Å². The number of hydrogen-bond donors (Lipinski definition) is 0. The fourth-order valence-corrected chi connectivity index (χ4v) is 11.2.